The van der Waals surface area contributed by atoms with E-state index >= 15 is 0 Å². The van der Waals surface area contributed by atoms with Gasteiger partial charge in [0.15, 0.2) is 0 Å². The van der Waals surface area contributed by atoms with Crippen LogP contribution in [0.1, 0.15) is 53.1 Å². The van der Waals surface area contributed by atoms with Crippen LogP contribution in [0.4, 0.5) is 22.0 Å². The minimum atomic E-state index is -5.58. The molecule has 1 fully saturated rings. The molecule has 2 aromatic heterocycles. The second-order valence-corrected chi connectivity index (χ2v) is 10.4. The van der Waals surface area contributed by atoms with E-state index in [0.717, 1.165) is 15.8 Å². The number of halogens is 5. The number of alkyl halides is 5. The third kappa shape index (κ3) is 5.72. The van der Waals surface area contributed by atoms with Crippen LogP contribution in [-0.4, -0.2) is 59.2 Å². The van der Waals surface area contributed by atoms with Crippen LogP contribution in [0.3, 0.4) is 0 Å². The fourth-order valence-electron chi connectivity index (χ4n) is 5.67. The zero-order chi connectivity index (χ0) is 29.4. The molecule has 1 aliphatic rings. The van der Waals surface area contributed by atoms with Gasteiger partial charge in [0, 0.05) is 28.3 Å². The number of carbonyl (C=O) groups is 1. The van der Waals surface area contributed by atoms with Crippen molar-refractivity contribution in [1.82, 2.24) is 19.8 Å². The SMILES string of the molecule is COc1cc(C)[nH]c(=O)c1CNC(=O)c1c(C)n([C@H](C)C2CCN(CC(F)(F)C(F)(F)F)CC2)c2ccccc12. The van der Waals surface area contributed by atoms with Gasteiger partial charge in [-0.25, -0.2) is 0 Å². The van der Waals surface area contributed by atoms with E-state index in [0.29, 0.717) is 41.1 Å². The van der Waals surface area contributed by atoms with Gasteiger partial charge in [-0.15, -0.1) is 0 Å². The number of aryl methyl sites for hydroxylation is 1. The maximum atomic E-state index is 13.6. The van der Waals surface area contributed by atoms with Gasteiger partial charge in [0.25, 0.3) is 11.5 Å². The van der Waals surface area contributed by atoms with E-state index in [4.69, 9.17) is 4.74 Å². The standard InChI is InChI=1S/C28H33F5N4O3/c1-16-13-23(40-4)21(25(38)35-16)14-34-26(39)24-18(3)37(22-8-6-5-7-20(22)24)17(2)19-9-11-36(12-10-19)15-27(29,30)28(31,32)33/h5-8,13,17,19H,9-12,14-15H2,1-4H3,(H,34,39)(H,35,38)/t17-/m1/s1. The Kier molecular flexibility index (Phi) is 8.30. The van der Waals surface area contributed by atoms with Crippen molar-refractivity contribution in [3.63, 3.8) is 0 Å². The summed E-state index contributed by atoms with van der Waals surface area (Å²) in [6, 6.07) is 8.93. The maximum Gasteiger partial charge on any atom is 0.454 e. The molecule has 3 aromatic rings. The van der Waals surface area contributed by atoms with Crippen molar-refractivity contribution in [3.8, 4) is 5.75 Å². The number of hydrogen-bond acceptors (Lipinski definition) is 4. The summed E-state index contributed by atoms with van der Waals surface area (Å²) in [6.07, 6.45) is -4.69. The summed E-state index contributed by atoms with van der Waals surface area (Å²) in [5.41, 5.74) is 2.52. The number of fused-ring (bicyclic) bond motifs is 1. The lowest BCUT2D eigenvalue weighted by atomic mass is 9.89. The van der Waals surface area contributed by atoms with E-state index in [2.05, 4.69) is 10.3 Å². The van der Waals surface area contributed by atoms with Crippen molar-refractivity contribution in [2.24, 2.45) is 5.92 Å². The molecule has 0 spiro atoms. The zero-order valence-corrected chi connectivity index (χ0v) is 22.8. The highest BCUT2D eigenvalue weighted by atomic mass is 19.4. The van der Waals surface area contributed by atoms with E-state index in [-0.39, 0.29) is 43.1 Å². The molecule has 1 atom stereocenters. The molecule has 4 rings (SSSR count). The molecule has 12 heteroatoms. The smallest absolute Gasteiger partial charge is 0.454 e. The number of ether oxygens (including phenoxy) is 1. The van der Waals surface area contributed by atoms with E-state index in [1.807, 2.05) is 42.7 Å². The quantitative estimate of drug-likeness (QED) is 0.359. The van der Waals surface area contributed by atoms with Crippen LogP contribution in [-0.2, 0) is 6.54 Å². The molecule has 0 bridgehead atoms. The van der Waals surface area contributed by atoms with Crippen molar-refractivity contribution in [2.75, 3.05) is 26.7 Å². The zero-order valence-electron chi connectivity index (χ0n) is 22.8. The second kappa shape index (κ2) is 11.2. The highest BCUT2D eigenvalue weighted by Crippen LogP contribution is 2.39. The predicted molar refractivity (Wildman–Crippen MR) is 141 cm³/mol. The third-order valence-electron chi connectivity index (χ3n) is 7.82. The number of pyridine rings is 1. The van der Waals surface area contributed by atoms with Gasteiger partial charge in [-0.1, -0.05) is 18.2 Å². The first-order valence-corrected chi connectivity index (χ1v) is 13.1. The van der Waals surface area contributed by atoms with E-state index in [1.54, 1.807) is 13.0 Å². The number of hydrogen-bond donors (Lipinski definition) is 2. The number of carbonyl (C=O) groups excluding carboxylic acids is 1. The predicted octanol–water partition coefficient (Wildman–Crippen LogP) is 5.36. The third-order valence-corrected chi connectivity index (χ3v) is 7.82. The topological polar surface area (TPSA) is 79.4 Å². The minimum absolute atomic E-state index is 0.0107. The summed E-state index contributed by atoms with van der Waals surface area (Å²) in [7, 11) is 1.45. The Balaban J connectivity index is 1.54. The van der Waals surface area contributed by atoms with Crippen molar-refractivity contribution >= 4 is 16.8 Å². The Morgan fingerprint density at radius 2 is 1.80 bits per heavy atom. The number of rotatable bonds is 8. The van der Waals surface area contributed by atoms with Crippen LogP contribution in [0.25, 0.3) is 10.9 Å². The van der Waals surface area contributed by atoms with Crippen LogP contribution in [0.2, 0.25) is 0 Å². The summed E-state index contributed by atoms with van der Waals surface area (Å²) in [5, 5.41) is 3.55. The average Bonchev–Trinajstić information content (AvgIpc) is 3.18. The first-order chi connectivity index (χ1) is 18.7. The molecular weight excluding hydrogens is 535 g/mol. The van der Waals surface area contributed by atoms with Crippen LogP contribution in [0, 0.1) is 19.8 Å². The molecule has 2 N–H and O–H groups in total. The molecule has 0 radical (unpaired) electrons. The number of H-pyrrole nitrogens is 1. The van der Waals surface area contributed by atoms with Gasteiger partial charge >= 0.3 is 12.1 Å². The highest BCUT2D eigenvalue weighted by molar-refractivity contribution is 6.08. The molecule has 3 heterocycles. The number of aromatic nitrogens is 2. The summed E-state index contributed by atoms with van der Waals surface area (Å²) in [6.45, 7) is 4.38. The Morgan fingerprint density at radius 3 is 2.42 bits per heavy atom. The van der Waals surface area contributed by atoms with Gasteiger partial charge in [-0.05, 0) is 64.8 Å². The molecule has 1 saturated heterocycles. The number of aromatic amines is 1. The fourth-order valence-corrected chi connectivity index (χ4v) is 5.67. The Labute approximate surface area is 228 Å². The molecule has 0 aliphatic carbocycles. The van der Waals surface area contributed by atoms with E-state index in [1.165, 1.54) is 7.11 Å². The fraction of sp³-hybridized carbons (Fsp3) is 0.500. The number of likely N-dealkylation sites (tertiary alicyclic amines) is 1. The van der Waals surface area contributed by atoms with Gasteiger partial charge in [0.1, 0.15) is 5.75 Å². The monoisotopic (exact) mass is 568 g/mol. The summed E-state index contributed by atoms with van der Waals surface area (Å²) < 4.78 is 72.5. The van der Waals surface area contributed by atoms with Crippen molar-refractivity contribution < 1.29 is 31.5 Å². The first-order valence-electron chi connectivity index (χ1n) is 13.1. The molecule has 0 unspecified atom stereocenters. The summed E-state index contributed by atoms with van der Waals surface area (Å²) in [4.78, 5) is 29.8. The van der Waals surface area contributed by atoms with E-state index in [9.17, 15) is 31.5 Å². The molecule has 7 nitrogen and oxygen atoms in total. The van der Waals surface area contributed by atoms with Crippen molar-refractivity contribution in [1.29, 1.82) is 0 Å². The Morgan fingerprint density at radius 1 is 1.15 bits per heavy atom. The van der Waals surface area contributed by atoms with Crippen molar-refractivity contribution in [3.05, 3.63) is 63.2 Å². The first kappa shape index (κ1) is 29.6. The lowest BCUT2D eigenvalue weighted by Gasteiger charge is -2.37. The molecule has 0 saturated carbocycles. The van der Waals surface area contributed by atoms with Crippen LogP contribution in [0.15, 0.2) is 35.1 Å². The summed E-state index contributed by atoms with van der Waals surface area (Å²) >= 11 is 0. The number of para-hydroxylation sites is 1. The van der Waals surface area contributed by atoms with Gasteiger partial charge < -0.3 is 19.6 Å². The van der Waals surface area contributed by atoms with Gasteiger partial charge in [0.2, 0.25) is 0 Å². The molecule has 1 aromatic carbocycles. The van der Waals surface area contributed by atoms with Crippen LogP contribution >= 0.6 is 0 Å². The normalized spacial score (nSPS) is 16.3. The number of methoxy groups -OCH3 is 1. The molecule has 218 valence electrons. The second-order valence-electron chi connectivity index (χ2n) is 10.4. The molecule has 40 heavy (non-hydrogen) atoms. The van der Waals surface area contributed by atoms with Crippen molar-refractivity contribution in [2.45, 2.75) is 58.3 Å². The number of amides is 1. The Hall–Kier alpha value is -3.41. The number of nitrogens with one attached hydrogen (secondary N) is 2. The lowest BCUT2D eigenvalue weighted by Crippen LogP contribution is -2.49. The van der Waals surface area contributed by atoms with E-state index < -0.39 is 18.6 Å². The Bertz CT molecular complexity index is 1440. The largest absolute Gasteiger partial charge is 0.496 e. The summed E-state index contributed by atoms with van der Waals surface area (Å²) in [5.74, 6) is -4.75. The maximum absolute atomic E-state index is 13.6. The van der Waals surface area contributed by atoms with Crippen LogP contribution < -0.4 is 15.6 Å². The number of benzene rings is 1. The number of piperidine rings is 1. The van der Waals surface area contributed by atoms with Gasteiger partial charge in [-0.2, -0.15) is 22.0 Å². The number of nitrogens with zero attached hydrogens (tertiary/aromatic N) is 2. The molecule has 1 amide bonds. The average molecular weight is 569 g/mol. The van der Waals surface area contributed by atoms with Crippen LogP contribution in [0.5, 0.6) is 5.75 Å². The molecular formula is C28H33F5N4O3. The van der Waals surface area contributed by atoms with Gasteiger partial charge in [0.05, 0.1) is 31.3 Å². The molecule has 1 aliphatic heterocycles. The minimum Gasteiger partial charge on any atom is -0.496 e. The lowest BCUT2D eigenvalue weighted by molar-refractivity contribution is -0.287. The van der Waals surface area contributed by atoms with Gasteiger partial charge in [-0.3, -0.25) is 14.5 Å². The highest BCUT2D eigenvalue weighted by Gasteiger charge is 2.58.